The van der Waals surface area contributed by atoms with Crippen molar-refractivity contribution in [2.75, 3.05) is 11.5 Å². The summed E-state index contributed by atoms with van der Waals surface area (Å²) in [7, 11) is 0. The Kier molecular flexibility index (Phi) is 3.77. The molecule has 1 fully saturated rings. The summed E-state index contributed by atoms with van der Waals surface area (Å²) >= 11 is 1.89. The Balaban J connectivity index is 2.00. The summed E-state index contributed by atoms with van der Waals surface area (Å²) in [5, 5.41) is 2.86. The van der Waals surface area contributed by atoms with Gasteiger partial charge >= 0.3 is 0 Å². The van der Waals surface area contributed by atoms with Gasteiger partial charge in [0.25, 0.3) is 5.91 Å². The Labute approximate surface area is 97.8 Å². The number of pyridine rings is 1. The van der Waals surface area contributed by atoms with Crippen molar-refractivity contribution in [3.63, 3.8) is 0 Å². The van der Waals surface area contributed by atoms with Crippen LogP contribution in [0.5, 0.6) is 0 Å². The SMILES string of the molecule is O=C(NC1CCSCC1)c1ccncc1F. The summed E-state index contributed by atoms with van der Waals surface area (Å²) < 4.78 is 13.3. The van der Waals surface area contributed by atoms with Gasteiger partial charge in [-0.05, 0) is 30.4 Å². The molecule has 1 aromatic rings. The van der Waals surface area contributed by atoms with E-state index >= 15 is 0 Å². The smallest absolute Gasteiger partial charge is 0.254 e. The molecular formula is C11H13FN2OS. The van der Waals surface area contributed by atoms with Crippen LogP contribution in [0.25, 0.3) is 0 Å². The molecule has 2 rings (SSSR count). The van der Waals surface area contributed by atoms with Crippen molar-refractivity contribution in [1.29, 1.82) is 0 Å². The molecule has 0 unspecified atom stereocenters. The first-order chi connectivity index (χ1) is 7.77. The van der Waals surface area contributed by atoms with Crippen LogP contribution in [0.1, 0.15) is 23.2 Å². The fourth-order valence-electron chi connectivity index (χ4n) is 1.66. The molecule has 0 spiro atoms. The summed E-state index contributed by atoms with van der Waals surface area (Å²) in [6, 6.07) is 1.59. The van der Waals surface area contributed by atoms with Crippen LogP contribution in [0.15, 0.2) is 18.5 Å². The summed E-state index contributed by atoms with van der Waals surface area (Å²) in [5.74, 6) is 1.22. The first kappa shape index (κ1) is 11.4. The first-order valence-electron chi connectivity index (χ1n) is 5.25. The normalized spacial score (nSPS) is 17.1. The Morgan fingerprint density at radius 2 is 2.25 bits per heavy atom. The lowest BCUT2D eigenvalue weighted by molar-refractivity contribution is 0.0930. The fourth-order valence-corrected chi connectivity index (χ4v) is 2.77. The van der Waals surface area contributed by atoms with Crippen LogP contribution in [0.2, 0.25) is 0 Å². The van der Waals surface area contributed by atoms with Gasteiger partial charge in [0, 0.05) is 12.2 Å². The van der Waals surface area contributed by atoms with E-state index in [1.54, 1.807) is 0 Å². The second-order valence-corrected chi connectivity index (χ2v) is 4.94. The summed E-state index contributed by atoms with van der Waals surface area (Å²) in [6.07, 6.45) is 4.41. The second-order valence-electron chi connectivity index (χ2n) is 3.72. The summed E-state index contributed by atoms with van der Waals surface area (Å²) in [5.41, 5.74) is 0.0771. The standard InChI is InChI=1S/C11H13FN2OS/c12-10-7-13-4-1-9(10)11(15)14-8-2-5-16-6-3-8/h1,4,7-8H,2-3,5-6H2,(H,14,15). The van der Waals surface area contributed by atoms with Gasteiger partial charge in [0.2, 0.25) is 0 Å². The Morgan fingerprint density at radius 1 is 1.50 bits per heavy atom. The zero-order valence-corrected chi connectivity index (χ0v) is 9.60. The number of rotatable bonds is 2. The highest BCUT2D eigenvalue weighted by Crippen LogP contribution is 2.17. The van der Waals surface area contributed by atoms with Crippen molar-refractivity contribution >= 4 is 17.7 Å². The second kappa shape index (κ2) is 5.30. The molecule has 16 heavy (non-hydrogen) atoms. The van der Waals surface area contributed by atoms with Gasteiger partial charge in [0.1, 0.15) is 0 Å². The molecule has 0 atom stereocenters. The minimum absolute atomic E-state index is 0.0771. The van der Waals surface area contributed by atoms with Crippen LogP contribution in [0.3, 0.4) is 0 Å². The maximum Gasteiger partial charge on any atom is 0.254 e. The summed E-state index contributed by atoms with van der Waals surface area (Å²) in [4.78, 5) is 15.4. The number of carbonyl (C=O) groups excluding carboxylic acids is 1. The maximum atomic E-state index is 13.3. The molecule has 0 saturated carbocycles. The lowest BCUT2D eigenvalue weighted by Gasteiger charge is -2.22. The number of carbonyl (C=O) groups is 1. The van der Waals surface area contributed by atoms with Crippen molar-refractivity contribution in [3.05, 3.63) is 29.8 Å². The minimum atomic E-state index is -0.565. The van der Waals surface area contributed by atoms with E-state index in [1.807, 2.05) is 11.8 Å². The largest absolute Gasteiger partial charge is 0.349 e. The third kappa shape index (κ3) is 2.72. The van der Waals surface area contributed by atoms with E-state index in [-0.39, 0.29) is 17.5 Å². The number of nitrogens with one attached hydrogen (secondary N) is 1. The first-order valence-corrected chi connectivity index (χ1v) is 6.41. The molecule has 0 aliphatic carbocycles. The van der Waals surface area contributed by atoms with Gasteiger partial charge in [-0.2, -0.15) is 11.8 Å². The quantitative estimate of drug-likeness (QED) is 0.857. The van der Waals surface area contributed by atoms with E-state index < -0.39 is 5.82 Å². The Bertz CT molecular complexity index is 380. The molecule has 0 bridgehead atoms. The molecule has 0 aromatic carbocycles. The average molecular weight is 240 g/mol. The van der Waals surface area contributed by atoms with Crippen LogP contribution in [0, 0.1) is 5.82 Å². The molecule has 1 aliphatic rings. The van der Waals surface area contributed by atoms with Crippen molar-refractivity contribution in [2.45, 2.75) is 18.9 Å². The van der Waals surface area contributed by atoms with Crippen molar-refractivity contribution in [3.8, 4) is 0 Å². The van der Waals surface area contributed by atoms with Crippen molar-refractivity contribution in [2.24, 2.45) is 0 Å². The number of hydrogen-bond donors (Lipinski definition) is 1. The average Bonchev–Trinajstić information content (AvgIpc) is 2.31. The van der Waals surface area contributed by atoms with Crippen LogP contribution in [-0.2, 0) is 0 Å². The van der Waals surface area contributed by atoms with Gasteiger partial charge in [-0.1, -0.05) is 0 Å². The Morgan fingerprint density at radius 3 is 2.94 bits per heavy atom. The minimum Gasteiger partial charge on any atom is -0.349 e. The van der Waals surface area contributed by atoms with E-state index in [2.05, 4.69) is 10.3 Å². The predicted molar refractivity (Wildman–Crippen MR) is 62.0 cm³/mol. The predicted octanol–water partition coefficient (Wildman–Crippen LogP) is 1.85. The highest BCUT2D eigenvalue weighted by atomic mass is 32.2. The number of aromatic nitrogens is 1. The molecule has 1 N–H and O–H groups in total. The molecule has 86 valence electrons. The number of amides is 1. The monoisotopic (exact) mass is 240 g/mol. The fraction of sp³-hybridized carbons (Fsp3) is 0.455. The molecule has 2 heterocycles. The Hall–Kier alpha value is -1.10. The van der Waals surface area contributed by atoms with Gasteiger partial charge in [-0.15, -0.1) is 0 Å². The van der Waals surface area contributed by atoms with Crippen molar-refractivity contribution in [1.82, 2.24) is 10.3 Å². The molecular weight excluding hydrogens is 227 g/mol. The number of thioether (sulfide) groups is 1. The lowest BCUT2D eigenvalue weighted by Crippen LogP contribution is -2.37. The van der Waals surface area contributed by atoms with E-state index in [1.165, 1.54) is 12.3 Å². The van der Waals surface area contributed by atoms with Gasteiger partial charge in [0.05, 0.1) is 11.8 Å². The highest BCUT2D eigenvalue weighted by Gasteiger charge is 2.18. The van der Waals surface area contributed by atoms with Gasteiger partial charge in [0.15, 0.2) is 5.82 Å². The van der Waals surface area contributed by atoms with E-state index in [9.17, 15) is 9.18 Å². The lowest BCUT2D eigenvalue weighted by atomic mass is 10.1. The molecule has 0 radical (unpaired) electrons. The van der Waals surface area contributed by atoms with E-state index in [4.69, 9.17) is 0 Å². The van der Waals surface area contributed by atoms with E-state index in [0.29, 0.717) is 0 Å². The number of hydrogen-bond acceptors (Lipinski definition) is 3. The zero-order chi connectivity index (χ0) is 11.4. The highest BCUT2D eigenvalue weighted by molar-refractivity contribution is 7.99. The number of halogens is 1. The molecule has 1 aliphatic heterocycles. The van der Waals surface area contributed by atoms with Gasteiger partial charge in [-0.25, -0.2) is 4.39 Å². The molecule has 3 nitrogen and oxygen atoms in total. The van der Waals surface area contributed by atoms with Crippen LogP contribution in [0.4, 0.5) is 4.39 Å². The topological polar surface area (TPSA) is 42.0 Å². The maximum absolute atomic E-state index is 13.3. The third-order valence-electron chi connectivity index (χ3n) is 2.57. The third-order valence-corrected chi connectivity index (χ3v) is 3.62. The number of nitrogens with zero attached hydrogens (tertiary/aromatic N) is 1. The molecule has 5 heteroatoms. The van der Waals surface area contributed by atoms with Crippen LogP contribution in [-0.4, -0.2) is 28.4 Å². The van der Waals surface area contributed by atoms with Gasteiger partial charge in [-0.3, -0.25) is 9.78 Å². The summed E-state index contributed by atoms with van der Waals surface area (Å²) in [6.45, 7) is 0. The van der Waals surface area contributed by atoms with Crippen molar-refractivity contribution < 1.29 is 9.18 Å². The molecule has 1 aromatic heterocycles. The van der Waals surface area contributed by atoms with E-state index in [0.717, 1.165) is 30.5 Å². The van der Waals surface area contributed by atoms with Crippen LogP contribution < -0.4 is 5.32 Å². The zero-order valence-electron chi connectivity index (χ0n) is 8.78. The van der Waals surface area contributed by atoms with Gasteiger partial charge < -0.3 is 5.32 Å². The van der Waals surface area contributed by atoms with Crippen LogP contribution >= 0.6 is 11.8 Å². The molecule has 1 saturated heterocycles. The molecule has 1 amide bonds.